The van der Waals surface area contributed by atoms with E-state index in [4.69, 9.17) is 0 Å². The van der Waals surface area contributed by atoms with Crippen LogP contribution in [-0.2, 0) is 6.42 Å². The molecule has 0 saturated carbocycles. The molecule has 1 aromatic rings. The van der Waals surface area contributed by atoms with Crippen LogP contribution in [0.15, 0.2) is 24.5 Å². The molecule has 0 amide bonds. The summed E-state index contributed by atoms with van der Waals surface area (Å²) in [5, 5.41) is 0. The van der Waals surface area contributed by atoms with Crippen molar-refractivity contribution in [2.24, 2.45) is 0 Å². The zero-order valence-electron chi connectivity index (χ0n) is 9.54. The molecule has 0 aliphatic rings. The van der Waals surface area contributed by atoms with Crippen molar-refractivity contribution >= 4 is 6.98 Å². The number of nitrogens with zero attached hydrogens (tertiary/aromatic N) is 2. The van der Waals surface area contributed by atoms with Crippen LogP contribution in [-0.4, -0.2) is 36.9 Å². The minimum absolute atomic E-state index is 0. The summed E-state index contributed by atoms with van der Waals surface area (Å²) in [5.41, 5.74) is 1.01. The summed E-state index contributed by atoms with van der Waals surface area (Å²) in [6.45, 7) is -4.31. The van der Waals surface area contributed by atoms with Gasteiger partial charge >= 0.3 is 58.4 Å². The summed E-state index contributed by atoms with van der Waals surface area (Å²) in [6.07, 6.45) is 3.10. The first kappa shape index (κ1) is 16.6. The fraction of sp³-hybridized carbons (Fsp3) is 0.444. The van der Waals surface area contributed by atoms with Gasteiger partial charge in [0.2, 0.25) is 0 Å². The minimum Gasteiger partial charge on any atom is -0.448 e. The first-order chi connectivity index (χ1) is 6.97. The molecule has 0 radical (unpaired) electrons. The second-order valence-corrected chi connectivity index (χ2v) is 3.58. The fourth-order valence-electron chi connectivity index (χ4n) is 1.31. The molecule has 16 heavy (non-hydrogen) atoms. The summed E-state index contributed by atoms with van der Waals surface area (Å²) in [7, 11) is 1.48. The third-order valence-electron chi connectivity index (χ3n) is 2.05. The molecule has 0 N–H and O–H groups in total. The molecule has 7 heteroatoms. The zero-order valence-corrected chi connectivity index (χ0v) is 12.7. The van der Waals surface area contributed by atoms with Crippen molar-refractivity contribution in [2.45, 2.75) is 6.42 Å². The van der Waals surface area contributed by atoms with Crippen molar-refractivity contribution in [1.82, 2.24) is 9.88 Å². The molecular formula is C9H13BF3KN2. The maximum absolute atomic E-state index is 12.0. The van der Waals surface area contributed by atoms with E-state index in [0.29, 0.717) is 13.0 Å². The Morgan fingerprint density at radius 1 is 1.25 bits per heavy atom. The normalized spacial score (nSPS) is 11.3. The monoisotopic (exact) mass is 256 g/mol. The third-order valence-corrected chi connectivity index (χ3v) is 2.05. The molecule has 0 bridgehead atoms. The van der Waals surface area contributed by atoms with Gasteiger partial charge in [-0.05, 0) is 44.2 Å². The number of rotatable bonds is 5. The number of likely N-dealkylation sites (N-methyl/N-ethyl adjacent to an activating group) is 1. The van der Waals surface area contributed by atoms with Crippen molar-refractivity contribution in [3.8, 4) is 0 Å². The van der Waals surface area contributed by atoms with E-state index in [1.165, 1.54) is 11.9 Å². The first-order valence-corrected chi connectivity index (χ1v) is 4.76. The fourth-order valence-corrected chi connectivity index (χ4v) is 1.31. The predicted octanol–water partition coefficient (Wildman–Crippen LogP) is -1.05. The Morgan fingerprint density at radius 2 is 1.81 bits per heavy atom. The maximum Gasteiger partial charge on any atom is 1.00 e. The number of pyridine rings is 1. The van der Waals surface area contributed by atoms with Gasteiger partial charge in [-0.1, -0.05) is 0 Å². The average molecular weight is 256 g/mol. The van der Waals surface area contributed by atoms with Crippen LogP contribution in [0.4, 0.5) is 12.9 Å². The molecule has 0 aliphatic carbocycles. The summed E-state index contributed by atoms with van der Waals surface area (Å²) in [6, 6.07) is 3.62. The minimum atomic E-state index is -4.72. The van der Waals surface area contributed by atoms with Gasteiger partial charge in [-0.15, -0.1) is 0 Å². The molecule has 0 unspecified atom stereocenters. The molecule has 0 fully saturated rings. The van der Waals surface area contributed by atoms with Gasteiger partial charge in [0.05, 0.1) is 0 Å². The molecule has 0 aromatic carbocycles. The maximum atomic E-state index is 12.0. The molecule has 84 valence electrons. The molecule has 0 spiro atoms. The average Bonchev–Trinajstić information content (AvgIpc) is 2.14. The van der Waals surface area contributed by atoms with E-state index in [9.17, 15) is 12.9 Å². The smallest absolute Gasteiger partial charge is 0.448 e. The van der Waals surface area contributed by atoms with Crippen LogP contribution in [0.2, 0.25) is 0 Å². The van der Waals surface area contributed by atoms with Gasteiger partial charge in [0.1, 0.15) is 0 Å². The van der Waals surface area contributed by atoms with Gasteiger partial charge in [0, 0.05) is 12.4 Å². The third kappa shape index (κ3) is 7.81. The molecule has 2 nitrogen and oxygen atoms in total. The van der Waals surface area contributed by atoms with E-state index in [1.54, 1.807) is 12.4 Å². The zero-order chi connectivity index (χ0) is 11.3. The van der Waals surface area contributed by atoms with Crippen molar-refractivity contribution in [2.75, 3.05) is 20.0 Å². The molecule has 0 atom stereocenters. The van der Waals surface area contributed by atoms with Crippen LogP contribution in [0.3, 0.4) is 0 Å². The summed E-state index contributed by atoms with van der Waals surface area (Å²) in [4.78, 5) is 5.13. The van der Waals surface area contributed by atoms with Gasteiger partial charge in [-0.25, -0.2) is 0 Å². The van der Waals surface area contributed by atoms with Gasteiger partial charge in [-0.2, -0.15) is 0 Å². The van der Waals surface area contributed by atoms with Crippen LogP contribution in [0.1, 0.15) is 5.56 Å². The SMILES string of the molecule is CN(CCc1ccncc1)C[B-](F)(F)F.[K+]. The largest absolute Gasteiger partial charge is 1.00 e. The van der Waals surface area contributed by atoms with Crippen LogP contribution < -0.4 is 51.4 Å². The van der Waals surface area contributed by atoms with Crippen LogP contribution in [0.25, 0.3) is 0 Å². The molecule has 0 aliphatic heterocycles. The Morgan fingerprint density at radius 3 is 2.31 bits per heavy atom. The van der Waals surface area contributed by atoms with Crippen LogP contribution in [0, 0.1) is 0 Å². The Balaban J connectivity index is 0.00000225. The summed E-state index contributed by atoms with van der Waals surface area (Å²) >= 11 is 0. The van der Waals surface area contributed by atoms with Gasteiger partial charge in [-0.3, -0.25) is 4.98 Å². The Labute approximate surface area is 136 Å². The summed E-state index contributed by atoms with van der Waals surface area (Å²) in [5.74, 6) is 0. The van der Waals surface area contributed by atoms with E-state index in [2.05, 4.69) is 4.98 Å². The molecule has 0 saturated heterocycles. The van der Waals surface area contributed by atoms with E-state index >= 15 is 0 Å². The Kier molecular flexibility index (Phi) is 8.13. The van der Waals surface area contributed by atoms with E-state index in [0.717, 1.165) is 5.56 Å². The second kappa shape index (κ2) is 7.84. The Bertz CT molecular complexity index is 295. The van der Waals surface area contributed by atoms with Gasteiger partial charge < -0.3 is 17.8 Å². The van der Waals surface area contributed by atoms with Crippen molar-refractivity contribution in [1.29, 1.82) is 0 Å². The van der Waals surface area contributed by atoms with Gasteiger partial charge in [0.25, 0.3) is 0 Å². The topological polar surface area (TPSA) is 16.1 Å². The van der Waals surface area contributed by atoms with Crippen molar-refractivity contribution < 1.29 is 64.3 Å². The predicted molar refractivity (Wildman–Crippen MR) is 54.5 cm³/mol. The second-order valence-electron chi connectivity index (χ2n) is 3.58. The molecule has 1 rings (SSSR count). The van der Waals surface area contributed by atoms with E-state index in [-0.39, 0.29) is 51.4 Å². The van der Waals surface area contributed by atoms with E-state index < -0.39 is 13.4 Å². The van der Waals surface area contributed by atoms with E-state index in [1.807, 2.05) is 12.1 Å². The standard InChI is InChI=1S/C9H13BF3N2.K/c1-15(8-10(11,12)13)7-4-9-2-5-14-6-3-9;/h2-3,5-6H,4,7-8H2,1H3;/q-1;+1. The van der Waals surface area contributed by atoms with Crippen molar-refractivity contribution in [3.05, 3.63) is 30.1 Å². The number of aromatic nitrogens is 1. The molecular weight excluding hydrogens is 243 g/mol. The van der Waals surface area contributed by atoms with Gasteiger partial charge in [0.15, 0.2) is 0 Å². The Hall–Kier alpha value is 0.601. The quantitative estimate of drug-likeness (QED) is 0.625. The molecule has 1 aromatic heterocycles. The number of halogens is 3. The number of hydrogen-bond donors (Lipinski definition) is 0. The number of hydrogen-bond acceptors (Lipinski definition) is 2. The summed E-state index contributed by atoms with van der Waals surface area (Å²) < 4.78 is 36.1. The van der Waals surface area contributed by atoms with Crippen LogP contribution >= 0.6 is 0 Å². The molecule has 1 heterocycles. The van der Waals surface area contributed by atoms with Crippen molar-refractivity contribution in [3.63, 3.8) is 0 Å². The first-order valence-electron chi connectivity index (χ1n) is 4.76. The van der Waals surface area contributed by atoms with Crippen LogP contribution in [0.5, 0.6) is 0 Å².